The first kappa shape index (κ1) is 21.5. The molecule has 8 nitrogen and oxygen atoms in total. The Bertz CT molecular complexity index is 1020. The lowest BCUT2D eigenvalue weighted by Crippen LogP contribution is -2.50. The number of carbonyl (C=O) groups excluding carboxylic acids is 1. The van der Waals surface area contributed by atoms with Gasteiger partial charge in [-0.3, -0.25) is 9.59 Å². The lowest BCUT2D eigenvalue weighted by molar-refractivity contribution is 0.0698. The van der Waals surface area contributed by atoms with Crippen molar-refractivity contribution < 1.29 is 17.9 Å². The Morgan fingerprint density at radius 1 is 1.17 bits per heavy atom. The Balaban J connectivity index is 1.62. The number of nitrogens with one attached hydrogen (secondary N) is 1. The van der Waals surface area contributed by atoms with E-state index >= 15 is 0 Å². The molecule has 0 unspecified atom stereocenters. The summed E-state index contributed by atoms with van der Waals surface area (Å²) in [6.45, 7) is 7.28. The zero-order chi connectivity index (χ0) is 21.2. The van der Waals surface area contributed by atoms with Crippen molar-refractivity contribution in [2.24, 2.45) is 5.92 Å². The van der Waals surface area contributed by atoms with Gasteiger partial charge in [0.15, 0.2) is 4.21 Å². The fourth-order valence-electron chi connectivity index (χ4n) is 3.02. The molecule has 2 heterocycles. The van der Waals surface area contributed by atoms with Crippen LogP contribution in [0.2, 0.25) is 0 Å². The molecule has 10 heteroatoms. The van der Waals surface area contributed by atoms with Crippen LogP contribution in [0, 0.1) is 12.8 Å². The maximum Gasteiger partial charge on any atom is 0.305 e. The molecule has 3 rings (SSSR count). The average molecular weight is 440 g/mol. The number of aryl methyl sites for hydroxylation is 1. The second-order valence-corrected chi connectivity index (χ2v) is 10.5. The normalized spacial score (nSPS) is 15.7. The van der Waals surface area contributed by atoms with E-state index in [0.29, 0.717) is 54.0 Å². The van der Waals surface area contributed by atoms with Crippen molar-refractivity contribution in [3.05, 3.63) is 45.2 Å². The molecule has 0 saturated carbocycles. The number of sulfonamides is 1. The summed E-state index contributed by atoms with van der Waals surface area (Å²) in [4.78, 5) is 27.9. The van der Waals surface area contributed by atoms with Crippen molar-refractivity contribution in [3.63, 3.8) is 0 Å². The number of hydrogen-bond donors (Lipinski definition) is 1. The number of aromatic amines is 1. The number of nitrogens with zero attached hydrogens (tertiary/aromatic N) is 2. The van der Waals surface area contributed by atoms with Crippen LogP contribution in [0.4, 0.5) is 0 Å². The summed E-state index contributed by atoms with van der Waals surface area (Å²) in [6.07, 6.45) is 0. The third-order valence-corrected chi connectivity index (χ3v) is 8.05. The van der Waals surface area contributed by atoms with Crippen molar-refractivity contribution in [2.45, 2.75) is 25.0 Å². The van der Waals surface area contributed by atoms with Crippen LogP contribution in [0.3, 0.4) is 0 Å². The highest BCUT2D eigenvalue weighted by Crippen LogP contribution is 2.23. The molecule has 0 spiro atoms. The van der Waals surface area contributed by atoms with Crippen molar-refractivity contribution in [2.75, 3.05) is 32.8 Å². The van der Waals surface area contributed by atoms with E-state index in [1.807, 2.05) is 0 Å². The van der Waals surface area contributed by atoms with Crippen molar-refractivity contribution in [1.29, 1.82) is 0 Å². The molecule has 1 aliphatic heterocycles. The van der Waals surface area contributed by atoms with E-state index in [2.05, 4.69) is 18.8 Å². The van der Waals surface area contributed by atoms with Crippen LogP contribution in [0.15, 0.2) is 33.3 Å². The van der Waals surface area contributed by atoms with Gasteiger partial charge < -0.3 is 14.6 Å². The lowest BCUT2D eigenvalue weighted by Gasteiger charge is -2.33. The molecule has 1 N–H and O–H groups in total. The number of ether oxygens (including phenoxy) is 1. The predicted octanol–water partition coefficient (Wildman–Crippen LogP) is 1.93. The molecule has 0 bridgehead atoms. The van der Waals surface area contributed by atoms with E-state index in [1.165, 1.54) is 4.31 Å². The summed E-state index contributed by atoms with van der Waals surface area (Å²) in [7, 11) is -3.74. The maximum atomic E-state index is 12.8. The molecule has 0 radical (unpaired) electrons. The minimum absolute atomic E-state index is 0.0410. The Hall–Kier alpha value is -2.17. The number of H-pyrrole nitrogens is 1. The van der Waals surface area contributed by atoms with Crippen LogP contribution in [-0.4, -0.2) is 61.3 Å². The molecule has 0 aliphatic carbocycles. The SMILES string of the molecule is Cc1[nH]c(=O)sc1S(=O)(=O)N1CCN(C(=O)c2ccc(OCC(C)C)cc2)CC1. The van der Waals surface area contributed by atoms with Crippen molar-refractivity contribution in [1.82, 2.24) is 14.2 Å². The number of aromatic nitrogens is 1. The number of thiazole rings is 1. The molecule has 1 saturated heterocycles. The summed E-state index contributed by atoms with van der Waals surface area (Å²) < 4.78 is 32.5. The molecule has 1 fully saturated rings. The predicted molar refractivity (Wildman–Crippen MR) is 111 cm³/mol. The van der Waals surface area contributed by atoms with Crippen LogP contribution < -0.4 is 9.61 Å². The zero-order valence-corrected chi connectivity index (χ0v) is 18.3. The molecule has 158 valence electrons. The lowest BCUT2D eigenvalue weighted by atomic mass is 10.1. The quantitative estimate of drug-likeness (QED) is 0.741. The van der Waals surface area contributed by atoms with Crippen molar-refractivity contribution in [3.8, 4) is 5.75 Å². The van der Waals surface area contributed by atoms with E-state index in [1.54, 1.807) is 36.1 Å². The number of amides is 1. The zero-order valence-electron chi connectivity index (χ0n) is 16.7. The van der Waals surface area contributed by atoms with Crippen LogP contribution in [0.1, 0.15) is 29.9 Å². The van der Waals surface area contributed by atoms with Gasteiger partial charge in [0, 0.05) is 37.4 Å². The van der Waals surface area contributed by atoms with E-state index in [9.17, 15) is 18.0 Å². The molecule has 0 atom stereocenters. The highest BCUT2D eigenvalue weighted by Gasteiger charge is 2.32. The van der Waals surface area contributed by atoms with Crippen LogP contribution in [0.25, 0.3) is 0 Å². The average Bonchev–Trinajstić information content (AvgIpc) is 3.05. The molecule has 29 heavy (non-hydrogen) atoms. The standard InChI is InChI=1S/C19H25N3O5S2/c1-13(2)12-27-16-6-4-15(5-7-16)17(23)21-8-10-22(11-9-21)29(25,26)18-14(3)20-19(24)28-18/h4-7,13H,8-12H2,1-3H3,(H,20,24). The second-order valence-electron chi connectivity index (χ2n) is 7.35. The third-order valence-electron chi connectivity index (χ3n) is 4.57. The molecule has 1 aliphatic rings. The smallest absolute Gasteiger partial charge is 0.305 e. The van der Waals surface area contributed by atoms with Gasteiger partial charge in [0.25, 0.3) is 15.9 Å². The van der Waals surface area contributed by atoms with E-state index in [0.717, 1.165) is 0 Å². The number of benzene rings is 1. The molecule has 1 aromatic heterocycles. The van der Waals surface area contributed by atoms with Gasteiger partial charge in [-0.25, -0.2) is 8.42 Å². The molecule has 1 amide bonds. The highest BCUT2D eigenvalue weighted by molar-refractivity contribution is 7.91. The van der Waals surface area contributed by atoms with Gasteiger partial charge in [-0.2, -0.15) is 4.31 Å². The number of hydrogen-bond acceptors (Lipinski definition) is 6. The molecular formula is C19H25N3O5S2. The highest BCUT2D eigenvalue weighted by atomic mass is 32.2. The van der Waals surface area contributed by atoms with Gasteiger partial charge in [-0.15, -0.1) is 0 Å². The van der Waals surface area contributed by atoms with Gasteiger partial charge in [0.2, 0.25) is 0 Å². The fraction of sp³-hybridized carbons (Fsp3) is 0.474. The number of carbonyl (C=O) groups is 1. The monoisotopic (exact) mass is 439 g/mol. The minimum Gasteiger partial charge on any atom is -0.493 e. The number of piperazine rings is 1. The summed E-state index contributed by atoms with van der Waals surface area (Å²) in [5.74, 6) is 0.993. The Labute approximate surface area is 174 Å². The molecular weight excluding hydrogens is 414 g/mol. The second kappa shape index (κ2) is 8.68. The first-order valence-corrected chi connectivity index (χ1v) is 11.7. The van der Waals surface area contributed by atoms with Gasteiger partial charge in [0.05, 0.1) is 6.61 Å². The third kappa shape index (κ3) is 4.88. The summed E-state index contributed by atoms with van der Waals surface area (Å²) >= 11 is 0.693. The largest absolute Gasteiger partial charge is 0.493 e. The van der Waals surface area contributed by atoms with E-state index in [-0.39, 0.29) is 23.2 Å². The van der Waals surface area contributed by atoms with Gasteiger partial charge in [0.1, 0.15) is 5.75 Å². The van der Waals surface area contributed by atoms with Gasteiger partial charge in [-0.1, -0.05) is 25.2 Å². The van der Waals surface area contributed by atoms with Gasteiger partial charge in [-0.05, 0) is 37.1 Å². The summed E-state index contributed by atoms with van der Waals surface area (Å²) in [5, 5.41) is 0. The van der Waals surface area contributed by atoms with E-state index in [4.69, 9.17) is 4.74 Å². The Morgan fingerprint density at radius 2 is 1.79 bits per heavy atom. The minimum atomic E-state index is -3.74. The van der Waals surface area contributed by atoms with E-state index < -0.39 is 14.9 Å². The number of rotatable bonds is 6. The van der Waals surface area contributed by atoms with Gasteiger partial charge >= 0.3 is 4.87 Å². The van der Waals surface area contributed by atoms with Crippen LogP contribution >= 0.6 is 11.3 Å². The van der Waals surface area contributed by atoms with Crippen LogP contribution in [0.5, 0.6) is 5.75 Å². The Morgan fingerprint density at radius 3 is 2.31 bits per heavy atom. The molecule has 1 aromatic carbocycles. The Kier molecular flexibility index (Phi) is 6.45. The summed E-state index contributed by atoms with van der Waals surface area (Å²) in [6, 6.07) is 6.99. The fourth-order valence-corrected chi connectivity index (χ4v) is 5.88. The maximum absolute atomic E-state index is 12.8. The first-order valence-electron chi connectivity index (χ1n) is 9.40. The summed E-state index contributed by atoms with van der Waals surface area (Å²) in [5.41, 5.74) is 0.885. The van der Waals surface area contributed by atoms with Crippen LogP contribution in [-0.2, 0) is 10.0 Å². The first-order chi connectivity index (χ1) is 13.7. The van der Waals surface area contributed by atoms with Crippen molar-refractivity contribution >= 4 is 27.3 Å². The molecule has 2 aromatic rings. The topological polar surface area (TPSA) is 99.8 Å².